The second kappa shape index (κ2) is 5.61. The van der Waals surface area contributed by atoms with E-state index in [0.717, 1.165) is 10.6 Å². The molecule has 0 aliphatic heterocycles. The fraction of sp³-hybridized carbons (Fsp3) is 0.231. The number of aromatic nitrogens is 2. The Hall–Kier alpha value is -2.90. The highest BCUT2D eigenvalue weighted by Gasteiger charge is 2.21. The van der Waals surface area contributed by atoms with Crippen LogP contribution in [0.15, 0.2) is 29.3 Å². The monoisotopic (exact) mass is 291 g/mol. The maximum absolute atomic E-state index is 12.2. The third-order valence-corrected chi connectivity index (χ3v) is 2.97. The zero-order chi connectivity index (χ0) is 15.6. The van der Waals surface area contributed by atoms with Gasteiger partial charge in [-0.2, -0.15) is 0 Å². The van der Waals surface area contributed by atoms with Crippen molar-refractivity contribution in [1.29, 1.82) is 0 Å². The molecule has 21 heavy (non-hydrogen) atoms. The van der Waals surface area contributed by atoms with E-state index in [1.165, 1.54) is 18.3 Å². The molecule has 0 unspecified atom stereocenters. The van der Waals surface area contributed by atoms with Crippen molar-refractivity contribution < 1.29 is 19.8 Å². The number of aliphatic carboxylic acids is 1. The van der Waals surface area contributed by atoms with E-state index < -0.39 is 23.5 Å². The Morgan fingerprint density at radius 3 is 2.81 bits per heavy atom. The van der Waals surface area contributed by atoms with E-state index in [1.54, 1.807) is 6.92 Å². The highest BCUT2D eigenvalue weighted by atomic mass is 16.4. The molecule has 0 aliphatic carbocycles. The second-order valence-corrected chi connectivity index (χ2v) is 4.34. The molecule has 1 amide bonds. The van der Waals surface area contributed by atoms with Gasteiger partial charge in [-0.3, -0.25) is 14.0 Å². The number of hydrogen-bond acceptors (Lipinski definition) is 5. The van der Waals surface area contributed by atoms with Crippen molar-refractivity contribution in [2.45, 2.75) is 19.4 Å². The van der Waals surface area contributed by atoms with Crippen molar-refractivity contribution >= 4 is 17.5 Å². The van der Waals surface area contributed by atoms with Gasteiger partial charge in [0, 0.05) is 12.4 Å². The number of carbonyl (C=O) groups is 2. The predicted octanol–water partition coefficient (Wildman–Crippen LogP) is -0.00690. The first-order valence-electron chi connectivity index (χ1n) is 6.18. The Kier molecular flexibility index (Phi) is 3.88. The average molecular weight is 291 g/mol. The maximum atomic E-state index is 12.2. The first-order valence-corrected chi connectivity index (χ1v) is 6.18. The fourth-order valence-corrected chi connectivity index (χ4v) is 1.82. The zero-order valence-electron chi connectivity index (χ0n) is 11.1. The van der Waals surface area contributed by atoms with E-state index in [2.05, 4.69) is 10.3 Å². The summed E-state index contributed by atoms with van der Waals surface area (Å²) < 4.78 is 1.02. The number of rotatable bonds is 4. The summed E-state index contributed by atoms with van der Waals surface area (Å²) in [6.07, 6.45) is 2.56. The third kappa shape index (κ3) is 2.69. The topological polar surface area (TPSA) is 121 Å². The van der Waals surface area contributed by atoms with Crippen LogP contribution < -0.4 is 10.9 Å². The van der Waals surface area contributed by atoms with E-state index in [4.69, 9.17) is 5.11 Å². The lowest BCUT2D eigenvalue weighted by atomic mass is 10.2. The van der Waals surface area contributed by atoms with Crippen molar-refractivity contribution in [2.75, 3.05) is 0 Å². The van der Waals surface area contributed by atoms with Crippen LogP contribution in [0.1, 0.15) is 23.7 Å². The molecule has 2 rings (SSSR count). The first kappa shape index (κ1) is 14.5. The lowest BCUT2D eigenvalue weighted by Crippen LogP contribution is -2.42. The van der Waals surface area contributed by atoms with Crippen LogP contribution in [0.4, 0.5) is 0 Å². The van der Waals surface area contributed by atoms with Gasteiger partial charge in [-0.05, 0) is 18.6 Å². The van der Waals surface area contributed by atoms with Gasteiger partial charge in [-0.15, -0.1) is 0 Å². The molecule has 8 heteroatoms. The first-order chi connectivity index (χ1) is 9.95. The molecule has 2 aromatic heterocycles. The summed E-state index contributed by atoms with van der Waals surface area (Å²) in [5, 5.41) is 20.7. The number of amides is 1. The molecule has 0 radical (unpaired) electrons. The number of carbonyl (C=O) groups excluding carboxylic acids is 1. The summed E-state index contributed by atoms with van der Waals surface area (Å²) >= 11 is 0. The molecule has 0 aliphatic rings. The number of hydrogen-bond donors (Lipinski definition) is 3. The maximum Gasteiger partial charge on any atom is 0.326 e. The van der Waals surface area contributed by atoms with Crippen LogP contribution in [0.3, 0.4) is 0 Å². The highest BCUT2D eigenvalue weighted by molar-refractivity contribution is 5.96. The molecule has 0 spiro atoms. The summed E-state index contributed by atoms with van der Waals surface area (Å²) in [6.45, 7) is 1.60. The van der Waals surface area contributed by atoms with Crippen molar-refractivity contribution in [2.24, 2.45) is 0 Å². The predicted molar refractivity (Wildman–Crippen MR) is 72.3 cm³/mol. The number of aromatic hydroxyl groups is 1. The molecule has 8 nitrogen and oxygen atoms in total. The van der Waals surface area contributed by atoms with E-state index in [0.29, 0.717) is 0 Å². The minimum atomic E-state index is -1.18. The lowest BCUT2D eigenvalue weighted by Gasteiger charge is -2.12. The number of carboxylic acid groups (broad SMARTS) is 1. The molecule has 0 aromatic carbocycles. The van der Waals surface area contributed by atoms with Crippen LogP contribution in [0.5, 0.6) is 5.75 Å². The molecule has 3 N–H and O–H groups in total. The normalized spacial score (nSPS) is 12.0. The van der Waals surface area contributed by atoms with Gasteiger partial charge in [0.1, 0.15) is 11.6 Å². The minimum absolute atomic E-state index is 0.0179. The molecule has 110 valence electrons. The van der Waals surface area contributed by atoms with Gasteiger partial charge in [0.15, 0.2) is 11.4 Å². The van der Waals surface area contributed by atoms with Gasteiger partial charge in [0.25, 0.3) is 11.5 Å². The molecule has 2 heterocycles. The van der Waals surface area contributed by atoms with Gasteiger partial charge in [0.2, 0.25) is 0 Å². The molecule has 0 fully saturated rings. The van der Waals surface area contributed by atoms with Gasteiger partial charge < -0.3 is 15.5 Å². The van der Waals surface area contributed by atoms with Crippen LogP contribution in [0.2, 0.25) is 0 Å². The third-order valence-electron chi connectivity index (χ3n) is 2.97. The number of pyridine rings is 1. The summed E-state index contributed by atoms with van der Waals surface area (Å²) in [5.74, 6) is -2.20. The van der Waals surface area contributed by atoms with Crippen molar-refractivity contribution in [1.82, 2.24) is 14.7 Å². The van der Waals surface area contributed by atoms with Crippen LogP contribution in [-0.2, 0) is 4.79 Å². The quantitative estimate of drug-likeness (QED) is 0.728. The van der Waals surface area contributed by atoms with Gasteiger partial charge in [-0.25, -0.2) is 9.78 Å². The molecule has 0 saturated heterocycles. The molecule has 0 bridgehead atoms. The molecule has 0 saturated carbocycles. The Morgan fingerprint density at radius 1 is 1.48 bits per heavy atom. The minimum Gasteiger partial charge on any atom is -0.504 e. The Labute approximate surface area is 118 Å². The fourth-order valence-electron chi connectivity index (χ4n) is 1.82. The van der Waals surface area contributed by atoms with Gasteiger partial charge in [-0.1, -0.05) is 6.92 Å². The van der Waals surface area contributed by atoms with Crippen molar-refractivity contribution in [3.05, 3.63) is 40.4 Å². The van der Waals surface area contributed by atoms with Crippen LogP contribution in [0.25, 0.3) is 5.65 Å². The Morgan fingerprint density at radius 2 is 2.19 bits per heavy atom. The van der Waals surface area contributed by atoms with Gasteiger partial charge in [0.05, 0.1) is 0 Å². The zero-order valence-corrected chi connectivity index (χ0v) is 11.1. The van der Waals surface area contributed by atoms with E-state index in [9.17, 15) is 19.5 Å². The number of nitrogens with zero attached hydrogens (tertiary/aromatic N) is 2. The SMILES string of the molecule is CC[C@H](NC(=O)c1cnc2c(O)cccn2c1=O)C(=O)O. The lowest BCUT2D eigenvalue weighted by molar-refractivity contribution is -0.139. The summed E-state index contributed by atoms with van der Waals surface area (Å²) in [7, 11) is 0. The number of fused-ring (bicyclic) bond motifs is 1. The standard InChI is InChI=1S/C13H13N3O5/c1-2-8(13(20)21)15-11(18)7-6-14-10-9(17)4-3-5-16(10)12(7)19/h3-6,8,17H,2H2,1H3,(H,15,18)(H,20,21)/t8-/m0/s1. The van der Waals surface area contributed by atoms with Crippen LogP contribution >= 0.6 is 0 Å². The Bertz CT molecular complexity index is 768. The van der Waals surface area contributed by atoms with E-state index >= 15 is 0 Å². The van der Waals surface area contributed by atoms with Gasteiger partial charge >= 0.3 is 5.97 Å². The van der Waals surface area contributed by atoms with Crippen LogP contribution in [0, 0.1) is 0 Å². The number of carboxylic acids is 1. The van der Waals surface area contributed by atoms with Crippen molar-refractivity contribution in [3.63, 3.8) is 0 Å². The number of nitrogens with one attached hydrogen (secondary N) is 1. The smallest absolute Gasteiger partial charge is 0.326 e. The average Bonchev–Trinajstić information content (AvgIpc) is 2.45. The van der Waals surface area contributed by atoms with E-state index in [1.807, 2.05) is 0 Å². The summed E-state index contributed by atoms with van der Waals surface area (Å²) in [6, 6.07) is 1.71. The molecular weight excluding hydrogens is 278 g/mol. The van der Waals surface area contributed by atoms with Crippen molar-refractivity contribution in [3.8, 4) is 5.75 Å². The Balaban J connectivity index is 2.43. The molecule has 1 atom stereocenters. The van der Waals surface area contributed by atoms with Crippen LogP contribution in [-0.4, -0.2) is 37.5 Å². The summed E-state index contributed by atoms with van der Waals surface area (Å²) in [5.41, 5.74) is -0.962. The van der Waals surface area contributed by atoms with E-state index in [-0.39, 0.29) is 23.4 Å². The summed E-state index contributed by atoms with van der Waals surface area (Å²) in [4.78, 5) is 38.9. The molecular formula is C13H13N3O5. The molecule has 2 aromatic rings. The second-order valence-electron chi connectivity index (χ2n) is 4.34. The largest absolute Gasteiger partial charge is 0.504 e. The highest BCUT2D eigenvalue weighted by Crippen LogP contribution is 2.12.